The van der Waals surface area contributed by atoms with Crippen molar-refractivity contribution >= 4 is 28.6 Å². The zero-order valence-electron chi connectivity index (χ0n) is 16.0. The van der Waals surface area contributed by atoms with Gasteiger partial charge in [0.25, 0.3) is 5.91 Å². The minimum absolute atomic E-state index is 0.0201. The van der Waals surface area contributed by atoms with Gasteiger partial charge in [0.1, 0.15) is 6.33 Å². The second kappa shape index (κ2) is 7.61. The molecule has 5 aromatic rings. The lowest BCUT2D eigenvalue weighted by atomic mass is 10.2. The molecule has 0 aliphatic rings. The molecule has 11 heteroatoms. The number of amides is 1. The SMILES string of the molecule is Cc1cc(Oc2ccc(NC(=O)c3cc(-c4cccs4)[nH]n3)cc2F)c2nncn2n1. The Labute approximate surface area is 178 Å². The van der Waals surface area contributed by atoms with Gasteiger partial charge < -0.3 is 10.1 Å². The molecule has 0 bridgehead atoms. The third kappa shape index (κ3) is 3.73. The van der Waals surface area contributed by atoms with Crippen molar-refractivity contribution in [3.63, 3.8) is 0 Å². The average Bonchev–Trinajstić information content (AvgIpc) is 3.50. The van der Waals surface area contributed by atoms with Gasteiger partial charge in [-0.25, -0.2) is 4.39 Å². The second-order valence-corrected chi connectivity index (χ2v) is 7.54. The first-order valence-corrected chi connectivity index (χ1v) is 10.0. The quantitative estimate of drug-likeness (QED) is 0.431. The molecule has 154 valence electrons. The fraction of sp³-hybridized carbons (Fsp3) is 0.0500. The number of halogens is 1. The Morgan fingerprint density at radius 2 is 2.13 bits per heavy atom. The first-order chi connectivity index (χ1) is 15.1. The minimum atomic E-state index is -0.647. The number of ether oxygens (including phenoxy) is 1. The van der Waals surface area contributed by atoms with E-state index in [1.807, 2.05) is 17.5 Å². The molecule has 0 atom stereocenters. The Morgan fingerprint density at radius 3 is 2.94 bits per heavy atom. The number of nitrogens with one attached hydrogen (secondary N) is 2. The van der Waals surface area contributed by atoms with Gasteiger partial charge >= 0.3 is 0 Å². The summed E-state index contributed by atoms with van der Waals surface area (Å²) in [5.41, 5.74) is 2.23. The molecular weight excluding hydrogens is 421 g/mol. The van der Waals surface area contributed by atoms with Crippen LogP contribution in [0.3, 0.4) is 0 Å². The van der Waals surface area contributed by atoms with E-state index in [9.17, 15) is 9.18 Å². The topological polar surface area (TPSA) is 110 Å². The number of H-pyrrole nitrogens is 1. The number of benzene rings is 1. The number of hydrogen-bond donors (Lipinski definition) is 2. The second-order valence-electron chi connectivity index (χ2n) is 6.59. The van der Waals surface area contributed by atoms with Crippen LogP contribution in [0.25, 0.3) is 16.2 Å². The highest BCUT2D eigenvalue weighted by Gasteiger charge is 2.15. The van der Waals surface area contributed by atoms with Crippen LogP contribution in [-0.4, -0.2) is 35.9 Å². The largest absolute Gasteiger partial charge is 0.450 e. The van der Waals surface area contributed by atoms with E-state index < -0.39 is 11.7 Å². The lowest BCUT2D eigenvalue weighted by molar-refractivity contribution is 0.102. The van der Waals surface area contributed by atoms with Gasteiger partial charge in [-0.05, 0) is 36.6 Å². The molecule has 9 nitrogen and oxygen atoms in total. The Morgan fingerprint density at radius 1 is 1.23 bits per heavy atom. The maximum Gasteiger partial charge on any atom is 0.276 e. The summed E-state index contributed by atoms with van der Waals surface area (Å²) >= 11 is 1.53. The fourth-order valence-corrected chi connectivity index (χ4v) is 3.66. The number of anilines is 1. The van der Waals surface area contributed by atoms with Crippen molar-refractivity contribution in [3.8, 4) is 22.1 Å². The zero-order chi connectivity index (χ0) is 21.4. The Balaban J connectivity index is 1.33. The number of carbonyl (C=O) groups excluding carboxylic acids is 1. The molecule has 1 amide bonds. The Kier molecular flexibility index (Phi) is 4.64. The first-order valence-electron chi connectivity index (χ1n) is 9.12. The lowest BCUT2D eigenvalue weighted by Gasteiger charge is -2.10. The molecule has 31 heavy (non-hydrogen) atoms. The van der Waals surface area contributed by atoms with Crippen LogP contribution in [0.4, 0.5) is 10.1 Å². The summed E-state index contributed by atoms with van der Waals surface area (Å²) in [5, 5.41) is 23.4. The van der Waals surface area contributed by atoms with Crippen molar-refractivity contribution in [2.24, 2.45) is 0 Å². The number of fused-ring (bicyclic) bond motifs is 1. The lowest BCUT2D eigenvalue weighted by Crippen LogP contribution is -2.12. The maximum atomic E-state index is 14.6. The monoisotopic (exact) mass is 435 g/mol. The molecule has 0 saturated carbocycles. The molecule has 5 rings (SSSR count). The summed E-state index contributed by atoms with van der Waals surface area (Å²) in [6.07, 6.45) is 1.43. The normalized spacial score (nSPS) is 11.0. The van der Waals surface area contributed by atoms with Crippen molar-refractivity contribution in [3.05, 3.63) is 71.4 Å². The van der Waals surface area contributed by atoms with Crippen molar-refractivity contribution in [2.45, 2.75) is 6.92 Å². The van der Waals surface area contributed by atoms with Gasteiger partial charge in [0.15, 0.2) is 23.0 Å². The van der Waals surface area contributed by atoms with Crippen LogP contribution in [0, 0.1) is 12.7 Å². The van der Waals surface area contributed by atoms with Gasteiger partial charge in [0.05, 0.1) is 16.3 Å². The van der Waals surface area contributed by atoms with E-state index in [4.69, 9.17) is 4.74 Å². The van der Waals surface area contributed by atoms with Crippen molar-refractivity contribution in [1.29, 1.82) is 0 Å². The van der Waals surface area contributed by atoms with Crippen LogP contribution in [0.2, 0.25) is 0 Å². The van der Waals surface area contributed by atoms with Gasteiger partial charge in [-0.3, -0.25) is 9.89 Å². The molecule has 0 unspecified atom stereocenters. The molecule has 4 aromatic heterocycles. The number of aryl methyl sites for hydroxylation is 1. The molecule has 1 aromatic carbocycles. The van der Waals surface area contributed by atoms with E-state index in [1.54, 1.807) is 19.1 Å². The van der Waals surface area contributed by atoms with Crippen LogP contribution in [0.5, 0.6) is 11.5 Å². The number of nitrogens with zero attached hydrogens (tertiary/aromatic N) is 5. The Hall–Kier alpha value is -4.12. The van der Waals surface area contributed by atoms with Crippen molar-refractivity contribution in [1.82, 2.24) is 30.0 Å². The number of thiophene rings is 1. The third-order valence-corrected chi connectivity index (χ3v) is 5.27. The fourth-order valence-electron chi connectivity index (χ4n) is 2.96. The number of rotatable bonds is 5. The van der Waals surface area contributed by atoms with Gasteiger partial charge in [-0.1, -0.05) is 6.07 Å². The molecule has 0 radical (unpaired) electrons. The molecule has 0 saturated heterocycles. The van der Waals surface area contributed by atoms with Crippen molar-refractivity contribution in [2.75, 3.05) is 5.32 Å². The predicted octanol–water partition coefficient (Wildman–Crippen LogP) is 4.07. The van der Waals surface area contributed by atoms with E-state index in [1.165, 1.54) is 40.4 Å². The molecule has 0 aliphatic heterocycles. The molecule has 0 fully saturated rings. The molecular formula is C20H14FN7O2S. The summed E-state index contributed by atoms with van der Waals surface area (Å²) < 4.78 is 21.8. The van der Waals surface area contributed by atoms with E-state index in [0.29, 0.717) is 17.1 Å². The van der Waals surface area contributed by atoms with Crippen LogP contribution in [-0.2, 0) is 0 Å². The average molecular weight is 435 g/mol. The van der Waals surface area contributed by atoms with Gasteiger partial charge in [-0.2, -0.15) is 14.7 Å². The van der Waals surface area contributed by atoms with Crippen molar-refractivity contribution < 1.29 is 13.9 Å². The van der Waals surface area contributed by atoms with Crippen LogP contribution < -0.4 is 10.1 Å². The maximum absolute atomic E-state index is 14.6. The smallest absolute Gasteiger partial charge is 0.276 e. The van der Waals surface area contributed by atoms with Gasteiger partial charge in [0, 0.05) is 17.8 Å². The summed E-state index contributed by atoms with van der Waals surface area (Å²) in [5.74, 6) is -0.806. The van der Waals surface area contributed by atoms with E-state index in [0.717, 1.165) is 10.6 Å². The molecule has 4 heterocycles. The van der Waals surface area contributed by atoms with Crippen LogP contribution in [0.1, 0.15) is 16.2 Å². The van der Waals surface area contributed by atoms with E-state index in [-0.39, 0.29) is 17.1 Å². The highest BCUT2D eigenvalue weighted by molar-refractivity contribution is 7.13. The zero-order valence-corrected chi connectivity index (χ0v) is 16.9. The number of aromatic amines is 1. The minimum Gasteiger partial charge on any atom is -0.450 e. The summed E-state index contributed by atoms with van der Waals surface area (Å²) in [7, 11) is 0. The van der Waals surface area contributed by atoms with Crippen LogP contribution >= 0.6 is 11.3 Å². The van der Waals surface area contributed by atoms with Crippen LogP contribution in [0.15, 0.2) is 54.2 Å². The molecule has 0 spiro atoms. The van der Waals surface area contributed by atoms with E-state index >= 15 is 0 Å². The van der Waals surface area contributed by atoms with Gasteiger partial charge in [0.2, 0.25) is 5.65 Å². The first kappa shape index (κ1) is 18.9. The van der Waals surface area contributed by atoms with E-state index in [2.05, 4.69) is 30.8 Å². The highest BCUT2D eigenvalue weighted by Crippen LogP contribution is 2.29. The molecule has 0 aliphatic carbocycles. The number of carbonyl (C=O) groups is 1. The molecule has 2 N–H and O–H groups in total. The predicted molar refractivity (Wildman–Crippen MR) is 112 cm³/mol. The standard InChI is InChI=1S/C20H14FN7O2S/c1-11-7-17(19-26-22-10-28(19)27-11)30-16-5-4-12(8-13(16)21)23-20(29)15-9-14(24-25-15)18-3-2-6-31-18/h2-10H,1H3,(H,23,29)(H,24,25). The number of aromatic nitrogens is 6. The highest BCUT2D eigenvalue weighted by atomic mass is 32.1. The van der Waals surface area contributed by atoms with Gasteiger partial charge in [-0.15, -0.1) is 21.5 Å². The third-order valence-electron chi connectivity index (χ3n) is 4.36. The Bertz CT molecular complexity index is 1390. The summed E-state index contributed by atoms with van der Waals surface area (Å²) in [6, 6.07) is 11.3. The number of hydrogen-bond acceptors (Lipinski definition) is 7. The summed E-state index contributed by atoms with van der Waals surface area (Å²) in [6.45, 7) is 1.78. The summed E-state index contributed by atoms with van der Waals surface area (Å²) in [4.78, 5) is 13.4.